The molecule has 0 aliphatic heterocycles. The zero-order valence-electron chi connectivity index (χ0n) is 64.8. The van der Waals surface area contributed by atoms with Crippen LogP contribution < -0.4 is 4.89 Å². The van der Waals surface area contributed by atoms with Crippen molar-refractivity contribution in [2.45, 2.75) is 328 Å². The van der Waals surface area contributed by atoms with Crippen LogP contribution in [0.4, 0.5) is 0 Å². The van der Waals surface area contributed by atoms with E-state index in [1.807, 2.05) is 21.1 Å². The number of ether oxygens (including phenoxy) is 2. The Hall–Kier alpha value is -4.89. The number of nitrogens with zero attached hydrogens (tertiary/aromatic N) is 1. The molecule has 2 unspecified atom stereocenters. The van der Waals surface area contributed by atoms with Gasteiger partial charge in [0.05, 0.1) is 27.7 Å². The summed E-state index contributed by atoms with van der Waals surface area (Å²) in [7, 11) is 1.16. The maximum absolute atomic E-state index is 12.9. The quantitative estimate of drug-likeness (QED) is 0.0195. The molecule has 0 aromatic rings. The molecule has 2 atom stereocenters. The first-order chi connectivity index (χ1) is 49.0. The van der Waals surface area contributed by atoms with Gasteiger partial charge in [0.15, 0.2) is 6.10 Å². The molecule has 0 heterocycles. The molecule has 0 saturated heterocycles. The normalized spacial score (nSPS) is 14.0. The first kappa shape index (κ1) is 95.1. The lowest BCUT2D eigenvalue weighted by Crippen LogP contribution is -2.37. The summed E-state index contributed by atoms with van der Waals surface area (Å²) in [6.07, 6.45) is 120. The first-order valence-corrected chi connectivity index (χ1v) is 42.0. The number of carbonyl (C=O) groups is 2. The third-order valence-electron chi connectivity index (χ3n) is 16.9. The van der Waals surface area contributed by atoms with Crippen molar-refractivity contribution in [1.29, 1.82) is 0 Å². The Morgan fingerprint density at radius 3 is 0.800 bits per heavy atom. The maximum Gasteiger partial charge on any atom is 0.306 e. The number of likely N-dealkylation sites (N-methyl/N-ethyl adjacent to an activating group) is 1. The standard InChI is InChI=1S/C90H150NO8P/c1-6-8-10-12-14-16-18-20-22-24-26-28-30-32-34-36-38-40-42-44-45-47-49-51-53-55-57-59-61-63-65-67-69-71-73-75-77-79-81-83-90(93)99-88(87-98-100(94,95)97-85-84-91(3,4)5)86-96-89(92)82-80-78-76-74-72-70-68-66-64-62-60-58-56-54-52-50-48-46-43-41-39-37-35-33-31-29-27-25-23-21-19-17-15-13-11-9-7-2/h8-11,14-17,20-23,26-29,32-35,38-41,44-45,49,51,55,57,88H,6-7,12-13,18-19,24-25,30-31,36-37,42-43,46-48,50,52-54,56,58-87H2,1-5H3/b10-8-,11-9-,16-14-,17-15-,22-20-,23-21-,28-26-,29-27-,34-32-,35-33-,40-38-,41-39-,45-44-,51-49-,57-55-. The molecule has 10 heteroatoms. The van der Waals surface area contributed by atoms with Crippen molar-refractivity contribution in [3.05, 3.63) is 182 Å². The Kier molecular flexibility index (Phi) is 74.4. The molecule has 0 amide bonds. The van der Waals surface area contributed by atoms with E-state index >= 15 is 0 Å². The highest BCUT2D eigenvalue weighted by molar-refractivity contribution is 7.45. The number of rotatable bonds is 73. The summed E-state index contributed by atoms with van der Waals surface area (Å²) in [6, 6.07) is 0. The van der Waals surface area contributed by atoms with Gasteiger partial charge in [0.1, 0.15) is 19.8 Å². The lowest BCUT2D eigenvalue weighted by Gasteiger charge is -2.28. The second kappa shape index (κ2) is 78.3. The van der Waals surface area contributed by atoms with Crippen LogP contribution in [-0.4, -0.2) is 70.0 Å². The van der Waals surface area contributed by atoms with Crippen LogP contribution in [0.5, 0.6) is 0 Å². The molecule has 0 aromatic carbocycles. The van der Waals surface area contributed by atoms with Gasteiger partial charge in [-0.05, 0) is 135 Å². The number of hydrogen-bond acceptors (Lipinski definition) is 8. The van der Waals surface area contributed by atoms with Crippen LogP contribution in [0.3, 0.4) is 0 Å². The van der Waals surface area contributed by atoms with E-state index in [0.29, 0.717) is 17.4 Å². The first-order valence-electron chi connectivity index (χ1n) is 40.5. The molecule has 0 radical (unpaired) electrons. The summed E-state index contributed by atoms with van der Waals surface area (Å²) in [5, 5.41) is 0. The highest BCUT2D eigenvalue weighted by atomic mass is 31.2. The number of quaternary nitrogens is 1. The van der Waals surface area contributed by atoms with Crippen molar-refractivity contribution < 1.29 is 42.1 Å². The highest BCUT2D eigenvalue weighted by Crippen LogP contribution is 2.38. The number of esters is 2. The van der Waals surface area contributed by atoms with Gasteiger partial charge in [0, 0.05) is 12.8 Å². The van der Waals surface area contributed by atoms with E-state index in [9.17, 15) is 19.0 Å². The Labute approximate surface area is 616 Å². The predicted octanol–water partition coefficient (Wildman–Crippen LogP) is 26.8. The molecular formula is C90H150NO8P. The van der Waals surface area contributed by atoms with Crippen LogP contribution in [0.2, 0.25) is 0 Å². The highest BCUT2D eigenvalue weighted by Gasteiger charge is 2.22. The molecule has 0 rings (SSSR count). The van der Waals surface area contributed by atoms with Gasteiger partial charge in [-0.25, -0.2) is 0 Å². The molecule has 0 aromatic heterocycles. The summed E-state index contributed by atoms with van der Waals surface area (Å²) in [5.41, 5.74) is 0. The topological polar surface area (TPSA) is 111 Å². The number of carbonyl (C=O) groups excluding carboxylic acids is 2. The number of phosphoric acid groups is 1. The fourth-order valence-corrected chi connectivity index (χ4v) is 11.6. The molecule has 0 N–H and O–H groups in total. The Bertz CT molecular complexity index is 2350. The Morgan fingerprint density at radius 2 is 0.540 bits per heavy atom. The van der Waals surface area contributed by atoms with Gasteiger partial charge in [-0.3, -0.25) is 14.2 Å². The van der Waals surface area contributed by atoms with Crippen molar-refractivity contribution in [2.75, 3.05) is 47.5 Å². The van der Waals surface area contributed by atoms with Gasteiger partial charge >= 0.3 is 11.9 Å². The molecule has 0 spiro atoms. The summed E-state index contributed by atoms with van der Waals surface area (Å²) in [6.45, 7) is 4.02. The van der Waals surface area contributed by atoms with Crippen LogP contribution in [0.25, 0.3) is 0 Å². The van der Waals surface area contributed by atoms with Crippen molar-refractivity contribution in [2.24, 2.45) is 0 Å². The molecule has 100 heavy (non-hydrogen) atoms. The van der Waals surface area contributed by atoms with Crippen molar-refractivity contribution >= 4 is 19.8 Å². The Balaban J connectivity index is 4.02. The fourth-order valence-electron chi connectivity index (χ4n) is 10.8. The number of hydrogen-bond donors (Lipinski definition) is 0. The minimum Gasteiger partial charge on any atom is -0.756 e. The summed E-state index contributed by atoms with van der Waals surface area (Å²) >= 11 is 0. The minimum atomic E-state index is -4.66. The predicted molar refractivity (Wildman–Crippen MR) is 433 cm³/mol. The molecule has 0 aliphatic carbocycles. The fraction of sp³-hybridized carbons (Fsp3) is 0.644. The number of allylic oxidation sites excluding steroid dienone is 30. The van der Waals surface area contributed by atoms with Gasteiger partial charge < -0.3 is 27.9 Å². The molecule has 568 valence electrons. The third kappa shape index (κ3) is 82.1. The molecule has 0 saturated carbocycles. The smallest absolute Gasteiger partial charge is 0.306 e. The summed E-state index contributed by atoms with van der Waals surface area (Å²) < 4.78 is 34.4. The van der Waals surface area contributed by atoms with E-state index in [-0.39, 0.29) is 32.0 Å². The minimum absolute atomic E-state index is 0.0378. The van der Waals surface area contributed by atoms with Crippen LogP contribution in [0.1, 0.15) is 322 Å². The van der Waals surface area contributed by atoms with Gasteiger partial charge in [-0.2, -0.15) is 0 Å². The zero-order chi connectivity index (χ0) is 72.5. The van der Waals surface area contributed by atoms with Crippen molar-refractivity contribution in [1.82, 2.24) is 0 Å². The molecule has 0 fully saturated rings. The number of unbranched alkanes of at least 4 members (excludes halogenated alkanes) is 29. The van der Waals surface area contributed by atoms with Gasteiger partial charge in [0.2, 0.25) is 0 Å². The van der Waals surface area contributed by atoms with Crippen LogP contribution in [-0.2, 0) is 32.7 Å². The lowest BCUT2D eigenvalue weighted by atomic mass is 10.0. The third-order valence-corrected chi connectivity index (χ3v) is 17.9. The van der Waals surface area contributed by atoms with Crippen molar-refractivity contribution in [3.63, 3.8) is 0 Å². The van der Waals surface area contributed by atoms with Crippen molar-refractivity contribution in [3.8, 4) is 0 Å². The largest absolute Gasteiger partial charge is 0.756 e. The average molecular weight is 1410 g/mol. The van der Waals surface area contributed by atoms with Gasteiger partial charge in [-0.15, -0.1) is 0 Å². The van der Waals surface area contributed by atoms with E-state index in [2.05, 4.69) is 196 Å². The SMILES string of the molecule is CC/C=C\C/C=C\C/C=C\C/C=C\C/C=C\C/C=C\C/C=C\C/C=C\C/C=C\CCCCCCCCCCCCCC(=O)OC(COC(=O)CCCCCCCCCCCCCCCCCCCC/C=C\C/C=C\C/C=C\C/C=C\C/C=C\C/C=C\CC)COP(=O)([O-])OCC[N+](C)(C)C. The average Bonchev–Trinajstić information content (AvgIpc) is 1.07. The second-order valence-corrected chi connectivity index (χ2v) is 29.1. The number of phosphoric ester groups is 1. The van der Waals surface area contributed by atoms with Crippen LogP contribution >= 0.6 is 7.82 Å². The van der Waals surface area contributed by atoms with E-state index in [1.165, 1.54) is 148 Å². The van der Waals surface area contributed by atoms with E-state index in [4.69, 9.17) is 18.5 Å². The molecule has 0 aliphatic rings. The van der Waals surface area contributed by atoms with Gasteiger partial charge in [0.25, 0.3) is 7.82 Å². The monoisotopic (exact) mass is 1400 g/mol. The molecular weight excluding hydrogens is 1250 g/mol. The second-order valence-electron chi connectivity index (χ2n) is 27.7. The van der Waals surface area contributed by atoms with Crippen LogP contribution in [0, 0.1) is 0 Å². The zero-order valence-corrected chi connectivity index (χ0v) is 65.7. The summed E-state index contributed by atoms with van der Waals surface area (Å²) in [4.78, 5) is 38.2. The van der Waals surface area contributed by atoms with E-state index < -0.39 is 26.5 Å². The molecule has 0 bridgehead atoms. The van der Waals surface area contributed by atoms with Gasteiger partial charge in [-0.1, -0.05) is 357 Å². The maximum atomic E-state index is 12.9. The molecule has 9 nitrogen and oxygen atoms in total. The summed E-state index contributed by atoms with van der Waals surface area (Å²) in [5.74, 6) is -0.836. The van der Waals surface area contributed by atoms with Crippen LogP contribution in [0.15, 0.2) is 182 Å². The Morgan fingerprint density at radius 1 is 0.310 bits per heavy atom. The lowest BCUT2D eigenvalue weighted by molar-refractivity contribution is -0.870. The van der Waals surface area contributed by atoms with E-state index in [1.54, 1.807) is 0 Å². The van der Waals surface area contributed by atoms with E-state index in [0.717, 1.165) is 141 Å².